The van der Waals surface area contributed by atoms with E-state index in [0.717, 1.165) is 25.7 Å². The highest BCUT2D eigenvalue weighted by Gasteiger charge is 2.27. The Labute approximate surface area is 87.3 Å². The molecule has 0 atom stereocenters. The third-order valence-corrected chi connectivity index (χ3v) is 2.45. The van der Waals surface area contributed by atoms with E-state index >= 15 is 0 Å². The molecule has 2 nitrogen and oxygen atoms in total. The van der Waals surface area contributed by atoms with Gasteiger partial charge in [-0.15, -0.1) is 6.58 Å². The van der Waals surface area contributed by atoms with Gasteiger partial charge in [0.25, 0.3) is 0 Å². The zero-order chi connectivity index (χ0) is 11.0. The first-order valence-corrected chi connectivity index (χ1v) is 5.24. The summed E-state index contributed by atoms with van der Waals surface area (Å²) in [6, 6.07) is 0. The van der Waals surface area contributed by atoms with Gasteiger partial charge in [0.2, 0.25) is 0 Å². The molecule has 0 fully saturated rings. The molecule has 82 valence electrons. The van der Waals surface area contributed by atoms with E-state index in [1.165, 1.54) is 13.5 Å². The topological polar surface area (TPSA) is 26.3 Å². The van der Waals surface area contributed by atoms with Crippen LogP contribution in [-0.4, -0.2) is 13.1 Å². The highest BCUT2D eigenvalue weighted by molar-refractivity contribution is 5.75. The predicted molar refractivity (Wildman–Crippen MR) is 59.1 cm³/mol. The van der Waals surface area contributed by atoms with Crippen molar-refractivity contribution in [1.29, 1.82) is 0 Å². The number of allylic oxidation sites excluding steroid dienone is 1. The largest absolute Gasteiger partial charge is 0.469 e. The van der Waals surface area contributed by atoms with Gasteiger partial charge in [-0.25, -0.2) is 0 Å². The summed E-state index contributed by atoms with van der Waals surface area (Å²) >= 11 is 0. The molecule has 0 amide bonds. The van der Waals surface area contributed by atoms with Crippen LogP contribution in [0.4, 0.5) is 0 Å². The van der Waals surface area contributed by atoms with Gasteiger partial charge in [-0.1, -0.05) is 18.9 Å². The molecule has 0 aromatic heterocycles. The van der Waals surface area contributed by atoms with Crippen LogP contribution in [-0.2, 0) is 9.53 Å². The van der Waals surface area contributed by atoms with Crippen LogP contribution < -0.4 is 0 Å². The Balaban J connectivity index is 3.65. The number of hydrogen-bond acceptors (Lipinski definition) is 2. The fourth-order valence-electron chi connectivity index (χ4n) is 1.41. The summed E-state index contributed by atoms with van der Waals surface area (Å²) in [5.74, 6) is -0.110. The van der Waals surface area contributed by atoms with Crippen LogP contribution in [0.1, 0.15) is 46.0 Å². The molecule has 0 aliphatic heterocycles. The molecule has 0 aromatic rings. The number of carbonyl (C=O) groups is 1. The molecule has 0 N–H and O–H groups in total. The van der Waals surface area contributed by atoms with Crippen molar-refractivity contribution in [2.75, 3.05) is 7.11 Å². The number of ether oxygens (including phenoxy) is 1. The molecule has 0 heterocycles. The first kappa shape index (κ1) is 13.2. The minimum Gasteiger partial charge on any atom is -0.469 e. The zero-order valence-electron chi connectivity index (χ0n) is 9.64. The second kappa shape index (κ2) is 6.63. The Kier molecular flexibility index (Phi) is 6.26. The highest BCUT2D eigenvalue weighted by Crippen LogP contribution is 2.25. The lowest BCUT2D eigenvalue weighted by Gasteiger charge is -2.20. The van der Waals surface area contributed by atoms with E-state index in [0.29, 0.717) is 0 Å². The van der Waals surface area contributed by atoms with Gasteiger partial charge in [0.05, 0.1) is 12.5 Å². The Bertz CT molecular complexity index is 183. The number of esters is 1. The van der Waals surface area contributed by atoms with Crippen LogP contribution in [0.3, 0.4) is 0 Å². The molecule has 14 heavy (non-hydrogen) atoms. The van der Waals surface area contributed by atoms with Crippen molar-refractivity contribution < 1.29 is 9.53 Å². The van der Waals surface area contributed by atoms with Crippen molar-refractivity contribution in [3.63, 3.8) is 0 Å². The van der Waals surface area contributed by atoms with E-state index in [1.807, 2.05) is 19.9 Å². The Morgan fingerprint density at radius 3 is 2.50 bits per heavy atom. The average molecular weight is 198 g/mol. The summed E-state index contributed by atoms with van der Waals surface area (Å²) in [6.07, 6.45) is 7.31. The molecular weight excluding hydrogens is 176 g/mol. The minimum absolute atomic E-state index is 0.110. The van der Waals surface area contributed by atoms with Crippen molar-refractivity contribution in [1.82, 2.24) is 0 Å². The van der Waals surface area contributed by atoms with Crippen molar-refractivity contribution in [3.05, 3.63) is 12.7 Å². The van der Waals surface area contributed by atoms with Gasteiger partial charge in [0.1, 0.15) is 0 Å². The van der Waals surface area contributed by atoms with Crippen molar-refractivity contribution in [2.45, 2.75) is 46.0 Å². The fraction of sp³-hybridized carbons (Fsp3) is 0.750. The summed E-state index contributed by atoms with van der Waals surface area (Å²) in [5.41, 5.74) is -0.330. The smallest absolute Gasteiger partial charge is 0.311 e. The molecule has 0 radical (unpaired) electrons. The monoisotopic (exact) mass is 198 g/mol. The number of methoxy groups -OCH3 is 1. The summed E-state index contributed by atoms with van der Waals surface area (Å²) < 4.78 is 4.74. The van der Waals surface area contributed by atoms with Crippen LogP contribution in [0.25, 0.3) is 0 Å². The van der Waals surface area contributed by atoms with E-state index in [2.05, 4.69) is 6.58 Å². The third kappa shape index (κ3) is 5.05. The molecule has 2 heteroatoms. The summed E-state index contributed by atoms with van der Waals surface area (Å²) in [6.45, 7) is 7.55. The molecule has 0 aromatic carbocycles. The maximum atomic E-state index is 11.3. The lowest BCUT2D eigenvalue weighted by atomic mass is 9.87. The quantitative estimate of drug-likeness (QED) is 0.356. The minimum atomic E-state index is -0.330. The Morgan fingerprint density at radius 1 is 1.36 bits per heavy atom. The van der Waals surface area contributed by atoms with Gasteiger partial charge < -0.3 is 4.74 Å². The molecule has 0 aliphatic rings. The molecule has 0 aliphatic carbocycles. The van der Waals surface area contributed by atoms with Crippen LogP contribution in [0.2, 0.25) is 0 Å². The standard InChI is InChI=1S/C12H22O2/c1-5-6-7-8-9-10-12(2,3)11(13)14-4/h5H,1,6-10H2,2-4H3. The second-order valence-electron chi connectivity index (χ2n) is 4.26. The Morgan fingerprint density at radius 2 is 2.00 bits per heavy atom. The SMILES string of the molecule is C=CCCCCCC(C)(C)C(=O)OC. The van der Waals surface area contributed by atoms with Crippen LogP contribution in [0.5, 0.6) is 0 Å². The van der Waals surface area contributed by atoms with E-state index in [4.69, 9.17) is 4.74 Å². The highest BCUT2D eigenvalue weighted by atomic mass is 16.5. The van der Waals surface area contributed by atoms with Crippen molar-refractivity contribution in [2.24, 2.45) is 5.41 Å². The number of carbonyl (C=O) groups excluding carboxylic acids is 1. The Hall–Kier alpha value is -0.790. The van der Waals surface area contributed by atoms with E-state index in [1.54, 1.807) is 0 Å². The van der Waals surface area contributed by atoms with Gasteiger partial charge in [-0.3, -0.25) is 4.79 Å². The van der Waals surface area contributed by atoms with E-state index in [9.17, 15) is 4.79 Å². The van der Waals surface area contributed by atoms with E-state index in [-0.39, 0.29) is 11.4 Å². The zero-order valence-corrected chi connectivity index (χ0v) is 9.64. The van der Waals surface area contributed by atoms with Crippen molar-refractivity contribution in [3.8, 4) is 0 Å². The van der Waals surface area contributed by atoms with Gasteiger partial charge in [-0.05, 0) is 33.1 Å². The van der Waals surface area contributed by atoms with Gasteiger partial charge in [-0.2, -0.15) is 0 Å². The van der Waals surface area contributed by atoms with Gasteiger partial charge in [0, 0.05) is 0 Å². The fourth-order valence-corrected chi connectivity index (χ4v) is 1.41. The maximum absolute atomic E-state index is 11.3. The van der Waals surface area contributed by atoms with Crippen LogP contribution >= 0.6 is 0 Å². The van der Waals surface area contributed by atoms with Crippen LogP contribution in [0.15, 0.2) is 12.7 Å². The number of hydrogen-bond donors (Lipinski definition) is 0. The number of unbranched alkanes of at least 4 members (excludes halogenated alkanes) is 3. The summed E-state index contributed by atoms with van der Waals surface area (Å²) in [5, 5.41) is 0. The third-order valence-electron chi connectivity index (χ3n) is 2.45. The van der Waals surface area contributed by atoms with E-state index < -0.39 is 0 Å². The first-order valence-electron chi connectivity index (χ1n) is 5.24. The van der Waals surface area contributed by atoms with Crippen molar-refractivity contribution >= 4 is 5.97 Å². The molecule has 0 rings (SSSR count). The molecule has 0 bridgehead atoms. The predicted octanol–water partition coefficient (Wildman–Crippen LogP) is 3.32. The van der Waals surface area contributed by atoms with Crippen LogP contribution in [0, 0.1) is 5.41 Å². The molecule has 0 saturated carbocycles. The molecule has 0 unspecified atom stereocenters. The molecule has 0 spiro atoms. The maximum Gasteiger partial charge on any atom is 0.311 e. The summed E-state index contributed by atoms with van der Waals surface area (Å²) in [7, 11) is 1.45. The lowest BCUT2D eigenvalue weighted by Crippen LogP contribution is -2.25. The normalized spacial score (nSPS) is 11.1. The second-order valence-corrected chi connectivity index (χ2v) is 4.26. The summed E-state index contributed by atoms with van der Waals surface area (Å²) in [4.78, 5) is 11.3. The lowest BCUT2D eigenvalue weighted by molar-refractivity contribution is -0.151. The van der Waals surface area contributed by atoms with Gasteiger partial charge >= 0.3 is 5.97 Å². The molecule has 0 saturated heterocycles. The number of rotatable bonds is 7. The average Bonchev–Trinajstić information content (AvgIpc) is 2.16. The van der Waals surface area contributed by atoms with Gasteiger partial charge in [0.15, 0.2) is 0 Å². The molecular formula is C12H22O2. The first-order chi connectivity index (χ1) is 6.54.